The first-order chi connectivity index (χ1) is 33.3. The van der Waals surface area contributed by atoms with Crippen LogP contribution < -0.4 is 0 Å². The van der Waals surface area contributed by atoms with Gasteiger partial charge in [-0.25, -0.2) is 0 Å². The van der Waals surface area contributed by atoms with Gasteiger partial charge in [-0.05, 0) is 100 Å². The Morgan fingerprint density at radius 3 is 0.358 bits per heavy atom. The Bertz CT molecular complexity index is 4270. The van der Waals surface area contributed by atoms with Crippen molar-refractivity contribution in [3.05, 3.63) is 0 Å². The van der Waals surface area contributed by atoms with Gasteiger partial charge in [0.2, 0.25) is 0 Å². The molecule has 0 aromatic rings. The van der Waals surface area contributed by atoms with Crippen LogP contribution in [0, 0.1) is 379 Å². The van der Waals surface area contributed by atoms with Crippen molar-refractivity contribution in [2.75, 3.05) is 0 Å². The lowest BCUT2D eigenvalue weighted by atomic mass is 10.1. The highest BCUT2D eigenvalue weighted by molar-refractivity contribution is 7.21. The quantitative estimate of drug-likeness (QED) is 0.185. The highest BCUT2D eigenvalue weighted by Gasteiger charge is 1.77. The van der Waals surface area contributed by atoms with Gasteiger partial charge in [0.15, 0.2) is 0 Å². The molecule has 2 atom stereocenters. The Hall–Kier alpha value is -13.6. The van der Waals surface area contributed by atoms with E-state index >= 15 is 0 Å². The number of hydrogen-bond acceptors (Lipinski definition) is 0. The first-order valence-electron chi connectivity index (χ1n) is 16.7. The van der Waals surface area contributed by atoms with E-state index in [0.29, 0.717) is 0 Å². The van der Waals surface area contributed by atoms with Crippen molar-refractivity contribution < 1.29 is 0 Å². The van der Waals surface area contributed by atoms with Crippen LogP contribution in [0.5, 0.6) is 0 Å². The maximum atomic E-state index is 5.42. The van der Waals surface area contributed by atoms with Gasteiger partial charge in [-0.3, -0.25) is 0 Å². The monoisotopic (exact) mass is 826 g/mol. The average molecular weight is 827 g/mol. The minimum Gasteiger partial charge on any atom is -0.131 e. The third kappa shape index (κ3) is 52.4. The zero-order chi connectivity index (χ0) is 48.1. The third-order valence-electron chi connectivity index (χ3n) is 4.06. The van der Waals surface area contributed by atoms with Gasteiger partial charge >= 0.3 is 0 Å². The molecule has 2 radical (unpaired) electrons. The summed E-state index contributed by atoms with van der Waals surface area (Å²) in [5.41, 5.74) is -0.318. The van der Waals surface area contributed by atoms with Crippen molar-refractivity contribution >= 4 is 17.1 Å². The summed E-state index contributed by atoms with van der Waals surface area (Å²) in [6, 6.07) is 0. The summed E-state index contributed by atoms with van der Waals surface area (Å²) in [7, 11) is 7.76. The second kappa shape index (κ2) is 50.4. The highest BCUT2D eigenvalue weighted by atomic mass is 31.0. The van der Waals surface area contributed by atoms with E-state index in [0.717, 1.165) is 0 Å². The molecule has 0 nitrogen and oxygen atoms in total. The standard InChI is InChI=1S/C65H4BP/c1-2-3-4-5-6-7-8-9-10-11-12-13-14-15-16-17-18-19-20-21-22-23-24-25-26-27-28-29-30-31-32-33-34-35-36-37-38-39-40-41-42-43-44-45-46-47-48-49-50-51-52-53-54-55-56-57-58-59-60-61-62-63-64-65(66)67/h1,65H,67H2. The second-order valence-electron chi connectivity index (χ2n) is 8.44. The molecule has 0 aliphatic heterocycles. The maximum absolute atomic E-state index is 5.42. The lowest BCUT2D eigenvalue weighted by molar-refractivity contribution is 1.76. The Morgan fingerprint density at radius 1 is 0.179 bits per heavy atom. The normalized spacial score (nSPS) is 4.66. The molecule has 0 bridgehead atoms. The number of rotatable bonds is 0. The molecule has 0 heterocycles. The summed E-state index contributed by atoms with van der Waals surface area (Å²) in [5.74, 6) is 157. The van der Waals surface area contributed by atoms with Gasteiger partial charge in [-0.2, -0.15) is 0 Å². The molecule has 0 fully saturated rings. The first-order valence-corrected chi connectivity index (χ1v) is 17.4. The van der Waals surface area contributed by atoms with E-state index in [1.54, 1.807) is 0 Å². The van der Waals surface area contributed by atoms with Crippen molar-refractivity contribution in [2.24, 2.45) is 0 Å². The number of hydrogen-bond donors (Lipinski definition) is 0. The Balaban J connectivity index is 4.60. The fourth-order valence-corrected chi connectivity index (χ4v) is 2.08. The zero-order valence-corrected chi connectivity index (χ0v) is 35.0. The molecule has 0 rings (SSSR count). The van der Waals surface area contributed by atoms with Crippen molar-refractivity contribution in [2.45, 2.75) is 5.56 Å². The second-order valence-corrected chi connectivity index (χ2v) is 9.16. The van der Waals surface area contributed by atoms with E-state index in [1.165, 1.54) is 0 Å². The molecule has 0 saturated heterocycles. The minimum atomic E-state index is -0.318. The molecule has 0 aromatic carbocycles. The molecule has 0 aliphatic carbocycles. The molecular weight excluding hydrogens is 823 g/mol. The summed E-state index contributed by atoms with van der Waals surface area (Å²) >= 11 is 0. The van der Waals surface area contributed by atoms with Crippen LogP contribution in [0.2, 0.25) is 0 Å². The van der Waals surface area contributed by atoms with Gasteiger partial charge in [0.05, 0.1) is 7.85 Å². The lowest BCUT2D eigenvalue weighted by Gasteiger charge is -1.82. The first kappa shape index (κ1) is 53.4. The molecule has 0 saturated carbocycles. The van der Waals surface area contributed by atoms with Crippen molar-refractivity contribution in [1.29, 1.82) is 0 Å². The van der Waals surface area contributed by atoms with Crippen LogP contribution in [0.3, 0.4) is 0 Å². The van der Waals surface area contributed by atoms with Crippen molar-refractivity contribution in [1.82, 2.24) is 0 Å². The van der Waals surface area contributed by atoms with Crippen LogP contribution in [0.4, 0.5) is 0 Å². The van der Waals surface area contributed by atoms with Crippen LogP contribution in [-0.2, 0) is 0 Å². The van der Waals surface area contributed by atoms with E-state index in [2.05, 4.69) is 382 Å². The van der Waals surface area contributed by atoms with Gasteiger partial charge in [0.25, 0.3) is 0 Å². The molecule has 0 spiro atoms. The van der Waals surface area contributed by atoms with Gasteiger partial charge in [0, 0.05) is 272 Å². The summed E-state index contributed by atoms with van der Waals surface area (Å²) < 4.78 is 0. The highest BCUT2D eigenvalue weighted by Crippen LogP contribution is 1.87. The molecule has 0 amide bonds. The molecule has 2 heteroatoms. The average Bonchev–Trinajstić information content (AvgIpc) is 3.33. The molecule has 272 valence electrons. The van der Waals surface area contributed by atoms with E-state index in [4.69, 9.17) is 14.3 Å². The Labute approximate surface area is 400 Å². The van der Waals surface area contributed by atoms with E-state index in [-0.39, 0.29) is 5.56 Å². The van der Waals surface area contributed by atoms with Crippen molar-refractivity contribution in [3.8, 4) is 379 Å². The summed E-state index contributed by atoms with van der Waals surface area (Å²) in [5, 5.41) is 0. The predicted octanol–water partition coefficient (Wildman–Crippen LogP) is 0.0947. The van der Waals surface area contributed by atoms with E-state index < -0.39 is 0 Å². The SMILES string of the molecule is [B]C(P)C#CC#CC#CC#CC#CC#CC#CC#CC#CC#CC#CC#CC#CC#CC#CC#CC#CC#CC#CC#CC#CC#CC#CC#CC#CC#CC#CC#CC#CC#CC#CC#C. The fourth-order valence-electron chi connectivity index (χ4n) is 2.00. The van der Waals surface area contributed by atoms with Gasteiger partial charge in [-0.15, -0.1) is 15.7 Å². The molecule has 0 aliphatic rings. The maximum Gasteiger partial charge on any atom is 0.0933 e. The van der Waals surface area contributed by atoms with Crippen LogP contribution in [0.1, 0.15) is 0 Å². The van der Waals surface area contributed by atoms with Crippen LogP contribution in [0.25, 0.3) is 0 Å². The van der Waals surface area contributed by atoms with Gasteiger partial charge in [0.1, 0.15) is 0 Å². The summed E-state index contributed by atoms with van der Waals surface area (Å²) in [6.07, 6.45) is 4.95. The summed E-state index contributed by atoms with van der Waals surface area (Å²) in [4.78, 5) is 0. The minimum absolute atomic E-state index is 0.318. The van der Waals surface area contributed by atoms with Crippen LogP contribution >= 0.6 is 9.24 Å². The van der Waals surface area contributed by atoms with E-state index in [1.807, 2.05) is 0 Å². The van der Waals surface area contributed by atoms with Crippen LogP contribution in [-0.4, -0.2) is 13.4 Å². The largest absolute Gasteiger partial charge is 0.131 e. The van der Waals surface area contributed by atoms with Crippen LogP contribution in [0.15, 0.2) is 0 Å². The third-order valence-corrected chi connectivity index (χ3v) is 4.23. The molecule has 0 aromatic heterocycles. The molecule has 67 heavy (non-hydrogen) atoms. The van der Waals surface area contributed by atoms with Gasteiger partial charge < -0.3 is 0 Å². The number of terminal acetylenes is 1. The lowest BCUT2D eigenvalue weighted by Crippen LogP contribution is -1.87. The van der Waals surface area contributed by atoms with Gasteiger partial charge in [-0.1, -0.05) is 5.92 Å². The topological polar surface area (TPSA) is 0 Å². The van der Waals surface area contributed by atoms with E-state index in [9.17, 15) is 0 Å². The molecule has 0 N–H and O–H groups in total. The Kier molecular flexibility index (Phi) is 40.2. The zero-order valence-electron chi connectivity index (χ0n) is 33.8. The summed E-state index contributed by atoms with van der Waals surface area (Å²) in [6.45, 7) is 0. The fraction of sp³-hybridized carbons (Fsp3) is 0.0154. The molecular formula is C65H4BP. The van der Waals surface area contributed by atoms with Crippen molar-refractivity contribution in [3.63, 3.8) is 0 Å². The molecule has 2 unspecified atom stereocenters. The smallest absolute Gasteiger partial charge is 0.0933 e. The Morgan fingerprint density at radius 2 is 0.269 bits per heavy atom. The predicted molar refractivity (Wildman–Crippen MR) is 269 cm³/mol.